The predicted molar refractivity (Wildman–Crippen MR) is 105 cm³/mol. The fourth-order valence-electron chi connectivity index (χ4n) is 2.73. The molecule has 4 heteroatoms. The maximum absolute atomic E-state index is 12.8. The third kappa shape index (κ3) is 4.69. The normalized spacial score (nSPS) is 10.8. The summed E-state index contributed by atoms with van der Waals surface area (Å²) in [5, 5.41) is 6.27. The van der Waals surface area contributed by atoms with Gasteiger partial charge < -0.3 is 10.6 Å². The van der Waals surface area contributed by atoms with Crippen molar-refractivity contribution >= 4 is 17.3 Å². The lowest BCUT2D eigenvalue weighted by Crippen LogP contribution is -2.17. The number of hydrogen-bond acceptors (Lipinski definition) is 3. The topological polar surface area (TPSA) is 54.0 Å². The molecular weight excluding hydrogens is 310 g/mol. The molecule has 2 rings (SSSR count). The van der Waals surface area contributed by atoms with Crippen LogP contribution >= 0.6 is 0 Å². The van der Waals surface area contributed by atoms with Gasteiger partial charge in [0.1, 0.15) is 5.69 Å². The average molecular weight is 337 g/mol. The first-order valence-corrected chi connectivity index (χ1v) is 8.69. The summed E-state index contributed by atoms with van der Waals surface area (Å²) >= 11 is 0. The summed E-state index contributed by atoms with van der Waals surface area (Å²) in [4.78, 5) is 17.0. The van der Waals surface area contributed by atoms with Crippen LogP contribution in [0.2, 0.25) is 0 Å². The Morgan fingerprint density at radius 3 is 2.36 bits per heavy atom. The molecule has 2 aromatic rings. The van der Waals surface area contributed by atoms with E-state index in [1.165, 1.54) is 0 Å². The third-order valence-electron chi connectivity index (χ3n) is 4.05. The number of carbonyl (C=O) groups excluding carboxylic acids is 1. The van der Waals surface area contributed by atoms with Gasteiger partial charge in [-0.3, -0.25) is 9.78 Å². The summed E-state index contributed by atoms with van der Waals surface area (Å²) in [5.74, 6) is 0.447. The molecule has 0 aliphatic rings. The van der Waals surface area contributed by atoms with Crippen molar-refractivity contribution in [3.8, 4) is 0 Å². The summed E-state index contributed by atoms with van der Waals surface area (Å²) in [6.45, 7) is 12.9. The Labute approximate surface area is 150 Å². The summed E-state index contributed by atoms with van der Waals surface area (Å²) < 4.78 is 0. The molecule has 25 heavy (non-hydrogen) atoms. The number of benzene rings is 1. The Bertz CT molecular complexity index is 724. The van der Waals surface area contributed by atoms with Crippen molar-refractivity contribution in [2.45, 2.75) is 39.5 Å². The van der Waals surface area contributed by atoms with E-state index < -0.39 is 0 Å². The van der Waals surface area contributed by atoms with Crippen LogP contribution in [0.15, 0.2) is 49.2 Å². The van der Waals surface area contributed by atoms with Crippen molar-refractivity contribution in [1.82, 2.24) is 4.98 Å². The minimum atomic E-state index is -0.197. The largest absolute Gasteiger partial charge is 0.381 e. The molecule has 0 saturated heterocycles. The molecule has 1 heterocycles. The van der Waals surface area contributed by atoms with Gasteiger partial charge in [-0.05, 0) is 35.1 Å². The molecule has 0 unspecified atom stereocenters. The number of rotatable bonds is 7. The summed E-state index contributed by atoms with van der Waals surface area (Å²) in [6, 6.07) is 9.79. The monoisotopic (exact) mass is 337 g/mol. The Kier molecular flexibility index (Phi) is 6.34. The standard InChI is InChI=1S/C21H27N3O/c1-6-11-22-16-10-12-23-19(13-16)21(25)24-20-17(14(2)3)8-7-9-18(20)15(4)5/h6-10,12-15H,1,11H2,2-5H3,(H,22,23)(H,24,25). The minimum Gasteiger partial charge on any atom is -0.381 e. The highest BCUT2D eigenvalue weighted by Crippen LogP contribution is 2.32. The van der Waals surface area contributed by atoms with Crippen LogP contribution in [0.1, 0.15) is 61.1 Å². The molecule has 0 saturated carbocycles. The quantitative estimate of drug-likeness (QED) is 0.685. The van der Waals surface area contributed by atoms with Gasteiger partial charge in [-0.1, -0.05) is 52.0 Å². The number of anilines is 2. The highest BCUT2D eigenvalue weighted by Gasteiger charge is 2.17. The van der Waals surface area contributed by atoms with Gasteiger partial charge in [0.05, 0.1) is 0 Å². The molecule has 132 valence electrons. The molecule has 0 spiro atoms. The second-order valence-electron chi connectivity index (χ2n) is 6.67. The molecule has 0 atom stereocenters. The maximum Gasteiger partial charge on any atom is 0.274 e. The lowest BCUT2D eigenvalue weighted by atomic mass is 9.92. The van der Waals surface area contributed by atoms with Crippen molar-refractivity contribution < 1.29 is 4.79 Å². The van der Waals surface area contributed by atoms with E-state index >= 15 is 0 Å². The Morgan fingerprint density at radius 2 is 1.80 bits per heavy atom. The van der Waals surface area contributed by atoms with E-state index in [0.717, 1.165) is 22.5 Å². The zero-order valence-electron chi connectivity index (χ0n) is 15.5. The second kappa shape index (κ2) is 8.47. The van der Waals surface area contributed by atoms with E-state index in [2.05, 4.69) is 68.1 Å². The molecule has 0 aliphatic carbocycles. The maximum atomic E-state index is 12.8. The zero-order chi connectivity index (χ0) is 18.4. The Balaban J connectivity index is 2.33. The first-order valence-electron chi connectivity index (χ1n) is 8.69. The molecule has 0 radical (unpaired) electrons. The number of carbonyl (C=O) groups is 1. The van der Waals surface area contributed by atoms with Gasteiger partial charge in [0.15, 0.2) is 0 Å². The molecule has 0 bridgehead atoms. The first-order chi connectivity index (χ1) is 11.9. The number of para-hydroxylation sites is 1. The van der Waals surface area contributed by atoms with E-state index in [1.807, 2.05) is 6.07 Å². The van der Waals surface area contributed by atoms with E-state index in [9.17, 15) is 4.79 Å². The smallest absolute Gasteiger partial charge is 0.274 e. The fourth-order valence-corrected chi connectivity index (χ4v) is 2.73. The van der Waals surface area contributed by atoms with Crippen molar-refractivity contribution in [1.29, 1.82) is 0 Å². The molecule has 2 N–H and O–H groups in total. The van der Waals surface area contributed by atoms with E-state index in [-0.39, 0.29) is 5.91 Å². The molecule has 4 nitrogen and oxygen atoms in total. The van der Waals surface area contributed by atoms with Gasteiger partial charge in [0.25, 0.3) is 5.91 Å². The highest BCUT2D eigenvalue weighted by atomic mass is 16.1. The van der Waals surface area contributed by atoms with Crippen molar-refractivity contribution in [2.24, 2.45) is 0 Å². The van der Waals surface area contributed by atoms with Gasteiger partial charge in [-0.15, -0.1) is 6.58 Å². The van der Waals surface area contributed by atoms with Crippen molar-refractivity contribution in [2.75, 3.05) is 17.2 Å². The van der Waals surface area contributed by atoms with Crippen molar-refractivity contribution in [3.05, 3.63) is 66.0 Å². The Morgan fingerprint density at radius 1 is 1.16 bits per heavy atom. The lowest BCUT2D eigenvalue weighted by molar-refractivity contribution is 0.102. The van der Waals surface area contributed by atoms with Crippen LogP contribution in [0.4, 0.5) is 11.4 Å². The van der Waals surface area contributed by atoms with Crippen LogP contribution in [0, 0.1) is 0 Å². The number of hydrogen-bond donors (Lipinski definition) is 2. The average Bonchev–Trinajstić information content (AvgIpc) is 2.59. The number of aromatic nitrogens is 1. The number of amides is 1. The number of nitrogens with one attached hydrogen (secondary N) is 2. The third-order valence-corrected chi connectivity index (χ3v) is 4.05. The zero-order valence-corrected chi connectivity index (χ0v) is 15.5. The molecule has 0 fully saturated rings. The first kappa shape index (κ1) is 18.7. The second-order valence-corrected chi connectivity index (χ2v) is 6.67. The number of nitrogens with zero attached hydrogens (tertiary/aromatic N) is 1. The van der Waals surface area contributed by atoms with E-state index in [1.54, 1.807) is 18.3 Å². The predicted octanol–water partition coefficient (Wildman–Crippen LogP) is 5.18. The van der Waals surface area contributed by atoms with Crippen LogP contribution in [-0.2, 0) is 0 Å². The van der Waals surface area contributed by atoms with Gasteiger partial charge in [0, 0.05) is 24.1 Å². The summed E-state index contributed by atoms with van der Waals surface area (Å²) in [5.41, 5.74) is 4.42. The molecule has 1 amide bonds. The molecule has 0 aliphatic heterocycles. The number of pyridine rings is 1. The lowest BCUT2D eigenvalue weighted by Gasteiger charge is -2.20. The van der Waals surface area contributed by atoms with Gasteiger partial charge in [-0.2, -0.15) is 0 Å². The van der Waals surface area contributed by atoms with Gasteiger partial charge in [0.2, 0.25) is 0 Å². The van der Waals surface area contributed by atoms with Crippen LogP contribution < -0.4 is 10.6 Å². The molecule has 1 aromatic heterocycles. The van der Waals surface area contributed by atoms with Crippen molar-refractivity contribution in [3.63, 3.8) is 0 Å². The van der Waals surface area contributed by atoms with E-state index in [0.29, 0.717) is 24.1 Å². The van der Waals surface area contributed by atoms with Crippen LogP contribution in [0.5, 0.6) is 0 Å². The molecule has 1 aromatic carbocycles. The van der Waals surface area contributed by atoms with Crippen LogP contribution in [-0.4, -0.2) is 17.4 Å². The summed E-state index contributed by atoms with van der Waals surface area (Å²) in [7, 11) is 0. The van der Waals surface area contributed by atoms with Gasteiger partial charge in [-0.25, -0.2) is 0 Å². The fraction of sp³-hybridized carbons (Fsp3) is 0.333. The SMILES string of the molecule is C=CCNc1ccnc(C(=O)Nc2c(C(C)C)cccc2C(C)C)c1. The van der Waals surface area contributed by atoms with Crippen LogP contribution in [0.3, 0.4) is 0 Å². The highest BCUT2D eigenvalue weighted by molar-refractivity contribution is 6.04. The van der Waals surface area contributed by atoms with Gasteiger partial charge >= 0.3 is 0 Å². The minimum absolute atomic E-state index is 0.197. The van der Waals surface area contributed by atoms with E-state index in [4.69, 9.17) is 0 Å². The van der Waals surface area contributed by atoms with Crippen LogP contribution in [0.25, 0.3) is 0 Å². The summed E-state index contributed by atoms with van der Waals surface area (Å²) in [6.07, 6.45) is 3.41. The Hall–Kier alpha value is -2.62. The molecular formula is C21H27N3O.